The molecule has 3 aromatic heterocycles. The second-order valence-corrected chi connectivity index (χ2v) is 7.18. The molecule has 7 nitrogen and oxygen atoms in total. The summed E-state index contributed by atoms with van der Waals surface area (Å²) < 4.78 is 5.07. The number of thiophene rings is 1. The van der Waals surface area contributed by atoms with Crippen molar-refractivity contribution in [2.45, 2.75) is 13.3 Å². The van der Waals surface area contributed by atoms with Crippen molar-refractivity contribution in [1.82, 2.24) is 19.9 Å². The largest absolute Gasteiger partial charge is 0.383 e. The number of anilines is 1. The van der Waals surface area contributed by atoms with E-state index in [2.05, 4.69) is 20.3 Å². The number of fused-ring (bicyclic) bond motifs is 1. The van der Waals surface area contributed by atoms with Gasteiger partial charge in [0.1, 0.15) is 17.0 Å². The van der Waals surface area contributed by atoms with Crippen LogP contribution in [0, 0.1) is 6.92 Å². The lowest BCUT2D eigenvalue weighted by Crippen LogP contribution is -2.28. The number of methoxy groups -OCH3 is 1. The van der Waals surface area contributed by atoms with Gasteiger partial charge in [-0.2, -0.15) is 0 Å². The summed E-state index contributed by atoms with van der Waals surface area (Å²) in [6.07, 6.45) is 4.01. The molecule has 0 fully saturated rings. The average Bonchev–Trinajstić information content (AvgIpc) is 3.04. The van der Waals surface area contributed by atoms with Crippen molar-refractivity contribution in [2.24, 2.45) is 0 Å². The number of pyridine rings is 1. The molecule has 0 aliphatic heterocycles. The van der Waals surface area contributed by atoms with E-state index in [1.54, 1.807) is 18.2 Å². The highest BCUT2D eigenvalue weighted by molar-refractivity contribution is 7.20. The second kappa shape index (κ2) is 8.88. The van der Waals surface area contributed by atoms with Crippen LogP contribution in [0.25, 0.3) is 10.2 Å². The highest BCUT2D eigenvalue weighted by Gasteiger charge is 2.21. The Balaban J connectivity index is 1.78. The summed E-state index contributed by atoms with van der Waals surface area (Å²) in [5.74, 6) is 0.732. The topological polar surface area (TPSA) is 80.2 Å². The monoisotopic (exact) mass is 385 g/mol. The van der Waals surface area contributed by atoms with Gasteiger partial charge in [-0.1, -0.05) is 6.07 Å². The van der Waals surface area contributed by atoms with Gasteiger partial charge in [-0.15, -0.1) is 11.3 Å². The minimum absolute atomic E-state index is 0.00530. The van der Waals surface area contributed by atoms with Crippen molar-refractivity contribution in [1.29, 1.82) is 0 Å². The first-order chi connectivity index (χ1) is 13.1. The number of ether oxygens (including phenoxy) is 1. The quantitative estimate of drug-likeness (QED) is 0.601. The van der Waals surface area contributed by atoms with Crippen LogP contribution in [0.3, 0.4) is 0 Å². The number of amides is 1. The molecule has 0 aliphatic carbocycles. The molecular weight excluding hydrogens is 362 g/mol. The normalized spacial score (nSPS) is 10.9. The molecule has 3 heterocycles. The number of nitrogens with one attached hydrogen (secondary N) is 1. The zero-order valence-electron chi connectivity index (χ0n) is 15.7. The Morgan fingerprint density at radius 3 is 2.89 bits per heavy atom. The molecule has 1 amide bonds. The van der Waals surface area contributed by atoms with E-state index in [9.17, 15) is 4.79 Å². The number of carbonyl (C=O) groups excluding carboxylic acids is 1. The van der Waals surface area contributed by atoms with E-state index in [-0.39, 0.29) is 5.91 Å². The molecule has 0 spiro atoms. The summed E-state index contributed by atoms with van der Waals surface area (Å²) in [5.41, 5.74) is 1.88. The third kappa shape index (κ3) is 4.40. The van der Waals surface area contributed by atoms with Crippen LogP contribution in [0.2, 0.25) is 0 Å². The summed E-state index contributed by atoms with van der Waals surface area (Å²) in [6, 6.07) is 5.81. The van der Waals surface area contributed by atoms with Gasteiger partial charge in [0.15, 0.2) is 0 Å². The Morgan fingerprint density at radius 1 is 1.30 bits per heavy atom. The molecule has 1 N–H and O–H groups in total. The molecule has 8 heteroatoms. The van der Waals surface area contributed by atoms with Gasteiger partial charge >= 0.3 is 0 Å². The molecule has 0 aromatic carbocycles. The van der Waals surface area contributed by atoms with E-state index in [1.807, 2.05) is 32.2 Å². The smallest absolute Gasteiger partial charge is 0.264 e. The lowest BCUT2D eigenvalue weighted by atomic mass is 10.2. The van der Waals surface area contributed by atoms with E-state index in [0.29, 0.717) is 24.6 Å². The van der Waals surface area contributed by atoms with Gasteiger partial charge in [-0.25, -0.2) is 9.97 Å². The highest BCUT2D eigenvalue weighted by Crippen LogP contribution is 2.33. The van der Waals surface area contributed by atoms with Crippen LogP contribution < -0.4 is 5.32 Å². The predicted octanol–water partition coefficient (Wildman–Crippen LogP) is 2.77. The minimum atomic E-state index is -0.00530. The van der Waals surface area contributed by atoms with Crippen LogP contribution in [0.5, 0.6) is 0 Å². The van der Waals surface area contributed by atoms with E-state index in [0.717, 1.165) is 33.7 Å². The predicted molar refractivity (Wildman–Crippen MR) is 107 cm³/mol. The van der Waals surface area contributed by atoms with E-state index in [1.165, 1.54) is 17.7 Å². The van der Waals surface area contributed by atoms with Crippen LogP contribution in [0.1, 0.15) is 20.9 Å². The third-order valence-corrected chi connectivity index (χ3v) is 5.48. The van der Waals surface area contributed by atoms with Crippen LogP contribution in [-0.2, 0) is 11.2 Å². The van der Waals surface area contributed by atoms with Gasteiger partial charge in [0.2, 0.25) is 0 Å². The van der Waals surface area contributed by atoms with Crippen LogP contribution in [-0.4, -0.2) is 59.6 Å². The number of hydrogen-bond donors (Lipinski definition) is 1. The van der Waals surface area contributed by atoms with Crippen molar-refractivity contribution < 1.29 is 9.53 Å². The highest BCUT2D eigenvalue weighted by atomic mass is 32.1. The molecule has 3 aromatic rings. The van der Waals surface area contributed by atoms with E-state index in [4.69, 9.17) is 4.74 Å². The Morgan fingerprint density at radius 2 is 2.15 bits per heavy atom. The first kappa shape index (κ1) is 19.2. The van der Waals surface area contributed by atoms with Gasteiger partial charge in [-0.3, -0.25) is 9.78 Å². The number of hydrogen-bond acceptors (Lipinski definition) is 7. The number of aromatic nitrogens is 3. The Kier molecular flexibility index (Phi) is 6.31. The maximum absolute atomic E-state index is 13.0. The molecule has 0 radical (unpaired) electrons. The van der Waals surface area contributed by atoms with Crippen molar-refractivity contribution in [3.8, 4) is 0 Å². The number of rotatable bonds is 8. The van der Waals surface area contributed by atoms with E-state index >= 15 is 0 Å². The number of nitrogens with zero attached hydrogens (tertiary/aromatic N) is 4. The number of carbonyl (C=O) groups is 1. The van der Waals surface area contributed by atoms with Crippen molar-refractivity contribution in [3.63, 3.8) is 0 Å². The molecule has 27 heavy (non-hydrogen) atoms. The lowest BCUT2D eigenvalue weighted by molar-refractivity contribution is 0.0800. The van der Waals surface area contributed by atoms with E-state index < -0.39 is 0 Å². The molecule has 0 saturated heterocycles. The number of aryl methyl sites for hydroxylation is 1. The Bertz CT molecular complexity index is 913. The van der Waals surface area contributed by atoms with Crippen molar-refractivity contribution in [2.75, 3.05) is 39.2 Å². The summed E-state index contributed by atoms with van der Waals surface area (Å²) in [5, 5.41) is 4.16. The summed E-state index contributed by atoms with van der Waals surface area (Å²) >= 11 is 1.41. The molecule has 0 atom stereocenters. The Labute approximate surface area is 162 Å². The standard InChI is InChI=1S/C19H23N5O2S/c1-13-15-17(21-9-11-26-3)22-12-23-18(15)27-16(13)19(25)24(2)10-7-14-6-4-5-8-20-14/h4-6,8,12H,7,9-11H2,1-3H3,(H,21,22,23). The van der Waals surface area contributed by atoms with Gasteiger partial charge < -0.3 is 15.0 Å². The third-order valence-electron chi connectivity index (χ3n) is 4.30. The number of likely N-dealkylation sites (N-methyl/N-ethyl adjacent to an activating group) is 1. The molecule has 3 rings (SSSR count). The fourth-order valence-corrected chi connectivity index (χ4v) is 3.93. The van der Waals surface area contributed by atoms with Crippen molar-refractivity contribution >= 4 is 33.3 Å². The molecule has 0 bridgehead atoms. The molecular formula is C19H23N5O2S. The Hall–Kier alpha value is -2.58. The molecule has 0 aliphatic rings. The van der Waals surface area contributed by atoms with Gasteiger partial charge in [0.05, 0.1) is 16.9 Å². The maximum Gasteiger partial charge on any atom is 0.264 e. The van der Waals surface area contributed by atoms with Gasteiger partial charge in [0, 0.05) is 45.6 Å². The molecule has 142 valence electrons. The second-order valence-electron chi connectivity index (χ2n) is 6.18. The van der Waals surface area contributed by atoms with Crippen molar-refractivity contribution in [3.05, 3.63) is 46.9 Å². The van der Waals surface area contributed by atoms with Crippen LogP contribution >= 0.6 is 11.3 Å². The first-order valence-electron chi connectivity index (χ1n) is 8.74. The fourth-order valence-electron chi connectivity index (χ4n) is 2.78. The lowest BCUT2D eigenvalue weighted by Gasteiger charge is -2.16. The minimum Gasteiger partial charge on any atom is -0.383 e. The van der Waals surface area contributed by atoms with Gasteiger partial charge in [-0.05, 0) is 24.6 Å². The van der Waals surface area contributed by atoms with Gasteiger partial charge in [0.25, 0.3) is 5.91 Å². The zero-order chi connectivity index (χ0) is 19.2. The van der Waals surface area contributed by atoms with Crippen LogP contribution in [0.15, 0.2) is 30.7 Å². The summed E-state index contributed by atoms with van der Waals surface area (Å²) in [4.78, 5) is 29.2. The summed E-state index contributed by atoms with van der Waals surface area (Å²) in [6.45, 7) is 3.78. The zero-order valence-corrected chi connectivity index (χ0v) is 16.5. The first-order valence-corrected chi connectivity index (χ1v) is 9.55. The maximum atomic E-state index is 13.0. The fraction of sp³-hybridized carbons (Fsp3) is 0.368. The SMILES string of the molecule is COCCNc1ncnc2sc(C(=O)N(C)CCc3ccccn3)c(C)c12. The summed E-state index contributed by atoms with van der Waals surface area (Å²) in [7, 11) is 3.48. The molecule has 0 unspecified atom stereocenters. The average molecular weight is 385 g/mol. The van der Waals surface area contributed by atoms with Crippen LogP contribution in [0.4, 0.5) is 5.82 Å². The molecule has 0 saturated carbocycles.